The smallest absolute Gasteiger partial charge is 0.366 e. The van der Waals surface area contributed by atoms with E-state index in [-0.39, 0.29) is 17.7 Å². The van der Waals surface area contributed by atoms with Crippen LogP contribution in [0.4, 0.5) is 11.6 Å². The fourth-order valence-electron chi connectivity index (χ4n) is 1.25. The molecule has 1 N–H and O–H groups in total. The van der Waals surface area contributed by atoms with Crippen molar-refractivity contribution >= 4 is 21.7 Å². The minimum atomic E-state index is -3.57. The van der Waals surface area contributed by atoms with Crippen LogP contribution in [0.3, 0.4) is 0 Å². The molecule has 1 saturated carbocycles. The van der Waals surface area contributed by atoms with E-state index in [9.17, 15) is 18.5 Å². The monoisotopic (exact) mass is 273 g/mol. The molecule has 18 heavy (non-hydrogen) atoms. The van der Waals surface area contributed by atoms with Gasteiger partial charge in [0.1, 0.15) is 0 Å². The summed E-state index contributed by atoms with van der Waals surface area (Å²) < 4.78 is 29.9. The predicted molar refractivity (Wildman–Crippen MR) is 63.0 cm³/mol. The fraction of sp³-hybridized carbons (Fsp3) is 0.444. The molecule has 2 rings (SSSR count). The zero-order chi connectivity index (χ0) is 13.3. The van der Waals surface area contributed by atoms with Gasteiger partial charge in [0.25, 0.3) is 5.82 Å². The highest BCUT2D eigenvalue weighted by Gasteiger charge is 2.27. The van der Waals surface area contributed by atoms with Gasteiger partial charge in [-0.1, -0.05) is 0 Å². The zero-order valence-corrected chi connectivity index (χ0v) is 10.3. The van der Waals surface area contributed by atoms with Crippen LogP contribution >= 0.6 is 0 Å². The average Bonchev–Trinajstić information content (AvgIpc) is 3.02. The first-order valence-corrected chi connectivity index (χ1v) is 7.04. The van der Waals surface area contributed by atoms with Gasteiger partial charge >= 0.3 is 5.82 Å². The third kappa shape index (κ3) is 3.29. The molecule has 8 nitrogen and oxygen atoms in total. The molecular weight excluding hydrogens is 262 g/mol. The molecule has 0 saturated heterocycles. The lowest BCUT2D eigenvalue weighted by Gasteiger charge is -2.07. The van der Waals surface area contributed by atoms with Gasteiger partial charge in [-0.3, -0.25) is 0 Å². The highest BCUT2D eigenvalue weighted by molar-refractivity contribution is 7.92. The molecular formula is C9H11N3O5S. The molecule has 0 radical (unpaired) electrons. The first-order valence-electron chi connectivity index (χ1n) is 5.15. The lowest BCUT2D eigenvalue weighted by molar-refractivity contribution is -0.389. The van der Waals surface area contributed by atoms with Crippen LogP contribution in [-0.4, -0.2) is 30.7 Å². The number of nitrogens with zero attached hydrogens (tertiary/aromatic N) is 2. The summed E-state index contributed by atoms with van der Waals surface area (Å²) in [7, 11) is -3.57. The number of pyridine rings is 1. The van der Waals surface area contributed by atoms with Crippen LogP contribution in [0.1, 0.15) is 12.8 Å². The molecule has 0 bridgehead atoms. The van der Waals surface area contributed by atoms with Gasteiger partial charge in [0, 0.05) is 6.07 Å². The Morgan fingerprint density at radius 2 is 2.17 bits per heavy atom. The number of rotatable bonds is 5. The number of ether oxygens (including phenoxy) is 1. The third-order valence-corrected chi connectivity index (χ3v) is 2.69. The van der Waals surface area contributed by atoms with E-state index >= 15 is 0 Å². The SMILES string of the molecule is CS(=O)(=O)Nc1nc([N+](=O)[O-])ccc1OC1CC1. The number of hydrogen-bond acceptors (Lipinski definition) is 6. The minimum Gasteiger partial charge on any atom is -0.484 e. The van der Waals surface area contributed by atoms with Crippen molar-refractivity contribution in [2.45, 2.75) is 18.9 Å². The van der Waals surface area contributed by atoms with E-state index in [4.69, 9.17) is 4.74 Å². The number of sulfonamides is 1. The van der Waals surface area contributed by atoms with Gasteiger partial charge in [0.15, 0.2) is 5.75 Å². The maximum absolute atomic E-state index is 11.2. The summed E-state index contributed by atoms with van der Waals surface area (Å²) >= 11 is 0. The van der Waals surface area contributed by atoms with Gasteiger partial charge in [-0.2, -0.15) is 0 Å². The molecule has 0 spiro atoms. The van der Waals surface area contributed by atoms with E-state index in [0.29, 0.717) is 0 Å². The van der Waals surface area contributed by atoms with Crippen LogP contribution in [0.15, 0.2) is 12.1 Å². The van der Waals surface area contributed by atoms with Crippen molar-refractivity contribution in [3.05, 3.63) is 22.2 Å². The minimum absolute atomic E-state index is 0.0355. The first kappa shape index (κ1) is 12.6. The Labute approximate surface area is 103 Å². The standard InChI is InChI=1S/C9H11N3O5S/c1-18(15,16)11-9-7(17-6-2-3-6)4-5-8(10-9)12(13)14/h4-6H,2-3H2,1H3,(H,10,11). The topological polar surface area (TPSA) is 111 Å². The van der Waals surface area contributed by atoms with Crippen molar-refractivity contribution in [2.24, 2.45) is 0 Å². The molecule has 0 amide bonds. The highest BCUT2D eigenvalue weighted by atomic mass is 32.2. The van der Waals surface area contributed by atoms with Crippen LogP contribution < -0.4 is 9.46 Å². The predicted octanol–water partition coefficient (Wildman–Crippen LogP) is 0.903. The van der Waals surface area contributed by atoms with Crippen LogP contribution in [0.2, 0.25) is 0 Å². The summed E-state index contributed by atoms with van der Waals surface area (Å²) in [6.45, 7) is 0. The molecule has 0 aliphatic heterocycles. The number of nitrogens with one attached hydrogen (secondary N) is 1. The number of aromatic nitrogens is 1. The molecule has 0 aromatic carbocycles. The van der Waals surface area contributed by atoms with E-state index in [2.05, 4.69) is 9.71 Å². The van der Waals surface area contributed by atoms with Gasteiger partial charge in [-0.15, -0.1) is 0 Å². The second kappa shape index (κ2) is 4.41. The summed E-state index contributed by atoms with van der Waals surface area (Å²) in [5.74, 6) is -0.392. The van der Waals surface area contributed by atoms with Crippen LogP contribution in [0.5, 0.6) is 5.75 Å². The molecule has 1 aliphatic rings. The Morgan fingerprint density at radius 1 is 1.50 bits per heavy atom. The molecule has 1 fully saturated rings. The zero-order valence-electron chi connectivity index (χ0n) is 9.49. The fourth-order valence-corrected chi connectivity index (χ4v) is 1.74. The largest absolute Gasteiger partial charge is 0.484 e. The van der Waals surface area contributed by atoms with Gasteiger partial charge in [-0.05, 0) is 28.8 Å². The maximum atomic E-state index is 11.2. The number of hydrogen-bond donors (Lipinski definition) is 1. The maximum Gasteiger partial charge on any atom is 0.366 e. The van der Waals surface area contributed by atoms with Gasteiger partial charge in [-0.25, -0.2) is 13.1 Å². The van der Waals surface area contributed by atoms with Crippen molar-refractivity contribution in [1.82, 2.24) is 4.98 Å². The van der Waals surface area contributed by atoms with Crippen LogP contribution in [-0.2, 0) is 10.0 Å². The summed E-state index contributed by atoms with van der Waals surface area (Å²) in [6.07, 6.45) is 2.74. The quantitative estimate of drug-likeness (QED) is 0.630. The van der Waals surface area contributed by atoms with E-state index in [1.165, 1.54) is 12.1 Å². The van der Waals surface area contributed by atoms with E-state index in [1.54, 1.807) is 0 Å². The molecule has 1 heterocycles. The van der Waals surface area contributed by atoms with Gasteiger partial charge in [0.2, 0.25) is 10.0 Å². The lowest BCUT2D eigenvalue weighted by Crippen LogP contribution is -2.13. The third-order valence-electron chi connectivity index (χ3n) is 2.13. The average molecular weight is 273 g/mol. The van der Waals surface area contributed by atoms with Crippen LogP contribution in [0.25, 0.3) is 0 Å². The summed E-state index contributed by atoms with van der Waals surface area (Å²) in [5, 5.41) is 10.6. The van der Waals surface area contributed by atoms with Crippen molar-refractivity contribution in [1.29, 1.82) is 0 Å². The van der Waals surface area contributed by atoms with Crippen LogP contribution in [0, 0.1) is 10.1 Å². The Hall–Kier alpha value is -1.90. The Kier molecular flexibility index (Phi) is 3.07. The van der Waals surface area contributed by atoms with E-state index in [0.717, 1.165) is 19.1 Å². The van der Waals surface area contributed by atoms with Crippen molar-refractivity contribution in [3.8, 4) is 5.75 Å². The van der Waals surface area contributed by atoms with Crippen molar-refractivity contribution < 1.29 is 18.1 Å². The summed E-state index contributed by atoms with van der Waals surface area (Å²) in [6, 6.07) is 2.52. The normalized spacial score (nSPS) is 15.2. The molecule has 98 valence electrons. The summed E-state index contributed by atoms with van der Waals surface area (Å²) in [4.78, 5) is 13.5. The van der Waals surface area contributed by atoms with Gasteiger partial charge < -0.3 is 14.9 Å². The molecule has 0 unspecified atom stereocenters. The molecule has 9 heteroatoms. The molecule has 1 aromatic heterocycles. The Morgan fingerprint density at radius 3 is 2.67 bits per heavy atom. The van der Waals surface area contributed by atoms with E-state index < -0.39 is 20.8 Å². The molecule has 1 aliphatic carbocycles. The van der Waals surface area contributed by atoms with E-state index in [1.807, 2.05) is 0 Å². The first-order chi connectivity index (χ1) is 8.35. The van der Waals surface area contributed by atoms with Crippen molar-refractivity contribution in [2.75, 3.05) is 11.0 Å². The highest BCUT2D eigenvalue weighted by Crippen LogP contribution is 2.32. The molecule has 0 atom stereocenters. The van der Waals surface area contributed by atoms with Crippen molar-refractivity contribution in [3.63, 3.8) is 0 Å². The Bertz CT molecular complexity index is 582. The van der Waals surface area contributed by atoms with Gasteiger partial charge in [0.05, 0.1) is 12.4 Å². The Balaban J connectivity index is 2.35. The second-order valence-electron chi connectivity index (χ2n) is 3.96. The number of nitro groups is 1. The number of anilines is 1. The molecule has 1 aromatic rings. The summed E-state index contributed by atoms with van der Waals surface area (Å²) in [5.41, 5.74) is 0. The lowest BCUT2D eigenvalue weighted by atomic mass is 10.4. The second-order valence-corrected chi connectivity index (χ2v) is 5.71.